The highest BCUT2D eigenvalue weighted by Crippen LogP contribution is 2.19. The van der Waals surface area contributed by atoms with Crippen LogP contribution in [-0.2, 0) is 26.2 Å². The third-order valence-electron chi connectivity index (χ3n) is 4.77. The van der Waals surface area contributed by atoms with E-state index in [9.17, 15) is 4.39 Å². The summed E-state index contributed by atoms with van der Waals surface area (Å²) in [7, 11) is 0. The number of hydrogen-bond acceptors (Lipinski definition) is 4. The Morgan fingerprint density at radius 1 is 0.833 bits per heavy atom. The van der Waals surface area contributed by atoms with Crippen LogP contribution >= 0.6 is 0 Å². The van der Waals surface area contributed by atoms with Gasteiger partial charge >= 0.3 is 0 Å². The Kier molecular flexibility index (Phi) is 6.52. The number of aromatic nitrogens is 1. The van der Waals surface area contributed by atoms with Crippen LogP contribution in [0.3, 0.4) is 0 Å². The highest BCUT2D eigenvalue weighted by atomic mass is 19.1. The first-order chi connectivity index (χ1) is 14.8. The largest absolute Gasteiger partial charge is 0.489 e. The van der Waals surface area contributed by atoms with Crippen molar-refractivity contribution in [1.82, 2.24) is 9.88 Å². The molecule has 4 nitrogen and oxygen atoms in total. The van der Waals surface area contributed by atoms with Crippen LogP contribution in [0.4, 0.5) is 4.39 Å². The lowest BCUT2D eigenvalue weighted by atomic mass is 10.1. The first-order valence-electron chi connectivity index (χ1n) is 9.85. The van der Waals surface area contributed by atoms with Gasteiger partial charge in [0, 0.05) is 31.0 Å². The molecule has 0 saturated heterocycles. The van der Waals surface area contributed by atoms with Crippen molar-refractivity contribution < 1.29 is 13.5 Å². The van der Waals surface area contributed by atoms with Crippen LogP contribution in [0, 0.1) is 5.82 Å². The van der Waals surface area contributed by atoms with Crippen molar-refractivity contribution in [2.24, 2.45) is 0 Å². The molecule has 0 aliphatic carbocycles. The van der Waals surface area contributed by atoms with Gasteiger partial charge < -0.3 is 9.15 Å². The van der Waals surface area contributed by atoms with Crippen molar-refractivity contribution in [2.45, 2.75) is 26.2 Å². The van der Waals surface area contributed by atoms with E-state index in [0.29, 0.717) is 17.9 Å². The van der Waals surface area contributed by atoms with Crippen LogP contribution in [-0.4, -0.2) is 9.88 Å². The van der Waals surface area contributed by atoms with Gasteiger partial charge in [0.2, 0.25) is 0 Å². The molecule has 0 radical (unpaired) electrons. The van der Waals surface area contributed by atoms with E-state index < -0.39 is 0 Å². The molecule has 0 atom stereocenters. The minimum Gasteiger partial charge on any atom is -0.489 e. The molecule has 0 aliphatic heterocycles. The number of nitrogens with zero attached hydrogens (tertiary/aromatic N) is 2. The van der Waals surface area contributed by atoms with Crippen molar-refractivity contribution in [3.63, 3.8) is 0 Å². The Labute approximate surface area is 175 Å². The second-order valence-corrected chi connectivity index (χ2v) is 7.11. The summed E-state index contributed by atoms with van der Waals surface area (Å²) < 4.78 is 25.0. The zero-order chi connectivity index (χ0) is 20.6. The van der Waals surface area contributed by atoms with Gasteiger partial charge in [0.1, 0.15) is 23.9 Å². The molecule has 0 fully saturated rings. The summed E-state index contributed by atoms with van der Waals surface area (Å²) in [6, 6.07) is 22.5. The number of hydrogen-bond donors (Lipinski definition) is 0. The fourth-order valence-electron chi connectivity index (χ4n) is 3.27. The summed E-state index contributed by atoms with van der Waals surface area (Å²) in [5, 5.41) is 0. The summed E-state index contributed by atoms with van der Waals surface area (Å²) in [6.45, 7) is 2.42. The standard InChI is InChI=1S/C25H23FN2O2/c26-25-8-2-1-6-22(25)19-30-23-11-9-20(10-12-23)16-28(18-24-7-4-14-29-24)17-21-5-3-13-27-15-21/h1-15H,16-19H2. The number of furan rings is 1. The molecule has 0 spiro atoms. The second kappa shape index (κ2) is 9.85. The lowest BCUT2D eigenvalue weighted by Crippen LogP contribution is -2.22. The lowest BCUT2D eigenvalue weighted by Gasteiger charge is -2.21. The molecular formula is C25H23FN2O2. The first kappa shape index (κ1) is 19.9. The average molecular weight is 402 g/mol. The van der Waals surface area contributed by atoms with E-state index in [1.54, 1.807) is 30.7 Å². The topological polar surface area (TPSA) is 38.5 Å². The molecule has 2 heterocycles. The van der Waals surface area contributed by atoms with Gasteiger partial charge in [-0.3, -0.25) is 9.88 Å². The van der Waals surface area contributed by atoms with Gasteiger partial charge in [-0.2, -0.15) is 0 Å². The Hall–Kier alpha value is -3.44. The summed E-state index contributed by atoms with van der Waals surface area (Å²) in [5.74, 6) is 1.38. The van der Waals surface area contributed by atoms with Crippen LogP contribution in [0.15, 0.2) is 95.9 Å². The number of ether oxygens (including phenoxy) is 1. The molecule has 4 aromatic rings. The molecule has 30 heavy (non-hydrogen) atoms. The van der Waals surface area contributed by atoms with Crippen molar-refractivity contribution in [2.75, 3.05) is 0 Å². The Morgan fingerprint density at radius 3 is 2.40 bits per heavy atom. The van der Waals surface area contributed by atoms with E-state index >= 15 is 0 Å². The summed E-state index contributed by atoms with van der Waals surface area (Å²) in [5.41, 5.74) is 2.85. The number of pyridine rings is 1. The zero-order valence-corrected chi connectivity index (χ0v) is 16.6. The molecule has 0 N–H and O–H groups in total. The zero-order valence-electron chi connectivity index (χ0n) is 16.6. The van der Waals surface area contributed by atoms with E-state index in [-0.39, 0.29) is 12.4 Å². The fraction of sp³-hybridized carbons (Fsp3) is 0.160. The Balaban J connectivity index is 1.40. The molecule has 0 bridgehead atoms. The monoisotopic (exact) mass is 402 g/mol. The van der Waals surface area contributed by atoms with E-state index in [4.69, 9.17) is 9.15 Å². The molecule has 152 valence electrons. The summed E-state index contributed by atoms with van der Waals surface area (Å²) in [6.07, 6.45) is 5.36. The van der Waals surface area contributed by atoms with Crippen LogP contribution in [0.2, 0.25) is 0 Å². The molecule has 4 rings (SSSR count). The normalized spacial score (nSPS) is 11.0. The lowest BCUT2D eigenvalue weighted by molar-refractivity contribution is 0.226. The number of halogens is 1. The molecule has 0 aliphatic rings. The van der Waals surface area contributed by atoms with E-state index in [1.165, 1.54) is 6.07 Å². The van der Waals surface area contributed by atoms with Gasteiger partial charge in [0.05, 0.1) is 12.8 Å². The van der Waals surface area contributed by atoms with Crippen LogP contribution < -0.4 is 4.74 Å². The van der Waals surface area contributed by atoms with Gasteiger partial charge in [-0.25, -0.2) is 4.39 Å². The molecular weight excluding hydrogens is 379 g/mol. The third-order valence-corrected chi connectivity index (χ3v) is 4.77. The van der Waals surface area contributed by atoms with Crippen LogP contribution in [0.25, 0.3) is 0 Å². The molecule has 0 unspecified atom stereocenters. The number of rotatable bonds is 9. The SMILES string of the molecule is Fc1ccccc1COc1ccc(CN(Cc2cccnc2)Cc2ccco2)cc1. The third kappa shape index (κ3) is 5.55. The van der Waals surface area contributed by atoms with Crippen LogP contribution in [0.5, 0.6) is 5.75 Å². The summed E-state index contributed by atoms with van der Waals surface area (Å²) in [4.78, 5) is 6.51. The van der Waals surface area contributed by atoms with Crippen molar-refractivity contribution in [3.05, 3.63) is 120 Å². The quantitative estimate of drug-likeness (QED) is 0.366. The molecule has 0 saturated carbocycles. The highest BCUT2D eigenvalue weighted by Gasteiger charge is 2.11. The maximum Gasteiger partial charge on any atom is 0.129 e. The van der Waals surface area contributed by atoms with Gasteiger partial charge in [0.15, 0.2) is 0 Å². The number of benzene rings is 2. The maximum absolute atomic E-state index is 13.7. The van der Waals surface area contributed by atoms with Crippen molar-refractivity contribution in [1.29, 1.82) is 0 Å². The van der Waals surface area contributed by atoms with E-state index in [0.717, 1.165) is 30.0 Å². The Morgan fingerprint density at radius 2 is 1.67 bits per heavy atom. The predicted octanol–water partition coefficient (Wildman–Crippen LogP) is 5.60. The second-order valence-electron chi connectivity index (χ2n) is 7.11. The minimum atomic E-state index is -0.252. The first-order valence-corrected chi connectivity index (χ1v) is 9.85. The van der Waals surface area contributed by atoms with Crippen LogP contribution in [0.1, 0.15) is 22.5 Å². The smallest absolute Gasteiger partial charge is 0.129 e. The van der Waals surface area contributed by atoms with Gasteiger partial charge in [-0.15, -0.1) is 0 Å². The molecule has 5 heteroatoms. The predicted molar refractivity (Wildman–Crippen MR) is 113 cm³/mol. The van der Waals surface area contributed by atoms with Crippen molar-refractivity contribution in [3.8, 4) is 5.75 Å². The highest BCUT2D eigenvalue weighted by molar-refractivity contribution is 5.28. The average Bonchev–Trinajstić information content (AvgIpc) is 3.28. The van der Waals surface area contributed by atoms with Gasteiger partial charge in [-0.05, 0) is 47.5 Å². The maximum atomic E-state index is 13.7. The Bertz CT molecular complexity index is 1030. The van der Waals surface area contributed by atoms with Gasteiger partial charge in [0.25, 0.3) is 0 Å². The minimum absolute atomic E-state index is 0.206. The molecule has 2 aromatic heterocycles. The van der Waals surface area contributed by atoms with E-state index in [2.05, 4.69) is 16.0 Å². The molecule has 2 aromatic carbocycles. The molecule has 0 amide bonds. The van der Waals surface area contributed by atoms with Crippen molar-refractivity contribution >= 4 is 0 Å². The fourth-order valence-corrected chi connectivity index (χ4v) is 3.27. The summed E-state index contributed by atoms with van der Waals surface area (Å²) >= 11 is 0. The van der Waals surface area contributed by atoms with Gasteiger partial charge in [-0.1, -0.05) is 36.4 Å². The van der Waals surface area contributed by atoms with E-state index in [1.807, 2.05) is 48.7 Å².